The van der Waals surface area contributed by atoms with Crippen LogP contribution in [-0.4, -0.2) is 15.5 Å². The van der Waals surface area contributed by atoms with Crippen molar-refractivity contribution in [2.24, 2.45) is 0 Å². The highest BCUT2D eigenvalue weighted by Crippen LogP contribution is 2.25. The van der Waals surface area contributed by atoms with Crippen molar-refractivity contribution in [3.05, 3.63) is 28.8 Å². The Bertz CT molecular complexity index is 466. The van der Waals surface area contributed by atoms with Gasteiger partial charge in [0.2, 0.25) is 9.05 Å². The first-order valence-corrected chi connectivity index (χ1v) is 6.88. The van der Waals surface area contributed by atoms with Gasteiger partial charge in [-0.2, -0.15) is 0 Å². The van der Waals surface area contributed by atoms with Crippen LogP contribution in [0, 0.1) is 13.8 Å². The van der Waals surface area contributed by atoms with Gasteiger partial charge in [0.15, 0.2) is 0 Å². The summed E-state index contributed by atoms with van der Waals surface area (Å²) in [6, 6.07) is 3.60. The van der Waals surface area contributed by atoms with E-state index in [9.17, 15) is 8.42 Å². The molecule has 1 aromatic carbocycles. The number of rotatable bonds is 3. The van der Waals surface area contributed by atoms with Crippen molar-refractivity contribution in [1.29, 1.82) is 0 Å². The van der Waals surface area contributed by atoms with Crippen molar-refractivity contribution < 1.29 is 13.2 Å². The largest absolute Gasteiger partial charge is 0.496 e. The molecule has 0 N–H and O–H groups in total. The van der Waals surface area contributed by atoms with Crippen LogP contribution in [-0.2, 0) is 14.8 Å². The quantitative estimate of drug-likeness (QED) is 0.772. The molecular weight excluding hydrogens is 236 g/mol. The minimum absolute atomic E-state index is 0.209. The van der Waals surface area contributed by atoms with Crippen LogP contribution in [0.2, 0.25) is 0 Å². The van der Waals surface area contributed by atoms with Crippen molar-refractivity contribution in [3.63, 3.8) is 0 Å². The van der Waals surface area contributed by atoms with Crippen molar-refractivity contribution in [3.8, 4) is 5.75 Å². The summed E-state index contributed by atoms with van der Waals surface area (Å²) in [5.74, 6) is 0.348. The van der Waals surface area contributed by atoms with E-state index in [0.29, 0.717) is 11.3 Å². The molecule has 0 heterocycles. The maximum absolute atomic E-state index is 11.0. The second-order valence-electron chi connectivity index (χ2n) is 3.43. The van der Waals surface area contributed by atoms with Crippen molar-refractivity contribution >= 4 is 19.7 Å². The van der Waals surface area contributed by atoms with E-state index in [0.717, 1.165) is 11.1 Å². The van der Waals surface area contributed by atoms with Crippen LogP contribution in [0.3, 0.4) is 0 Å². The molecule has 0 saturated carbocycles. The number of hydrogen-bond acceptors (Lipinski definition) is 3. The lowest BCUT2D eigenvalue weighted by Gasteiger charge is -2.10. The molecule has 0 spiro atoms. The van der Waals surface area contributed by atoms with E-state index in [4.69, 9.17) is 15.4 Å². The van der Waals surface area contributed by atoms with E-state index >= 15 is 0 Å². The second kappa shape index (κ2) is 4.41. The second-order valence-corrected chi connectivity index (χ2v) is 6.21. The zero-order valence-electron chi connectivity index (χ0n) is 8.87. The van der Waals surface area contributed by atoms with Gasteiger partial charge >= 0.3 is 0 Å². The van der Waals surface area contributed by atoms with Crippen molar-refractivity contribution in [2.75, 3.05) is 7.11 Å². The Balaban J connectivity index is 3.22. The predicted octanol–water partition coefficient (Wildman–Crippen LogP) is 2.38. The summed E-state index contributed by atoms with van der Waals surface area (Å²) >= 11 is 0. The van der Waals surface area contributed by atoms with E-state index in [1.807, 2.05) is 19.9 Å². The molecule has 1 rings (SSSR count). The van der Waals surface area contributed by atoms with Crippen LogP contribution in [0.25, 0.3) is 0 Å². The van der Waals surface area contributed by atoms with Crippen molar-refractivity contribution in [1.82, 2.24) is 0 Å². The molecule has 5 heteroatoms. The van der Waals surface area contributed by atoms with E-state index in [2.05, 4.69) is 0 Å². The molecule has 0 aliphatic carbocycles. The Hall–Kier alpha value is -0.740. The predicted molar refractivity (Wildman–Crippen MR) is 60.9 cm³/mol. The Kier molecular flexibility index (Phi) is 3.62. The molecular formula is C10H13ClO3S. The zero-order chi connectivity index (χ0) is 11.6. The normalized spacial score (nSPS) is 11.5. The van der Waals surface area contributed by atoms with Crippen molar-refractivity contribution in [2.45, 2.75) is 19.6 Å². The third-order valence-electron chi connectivity index (χ3n) is 2.22. The first kappa shape index (κ1) is 12.3. The van der Waals surface area contributed by atoms with Crippen LogP contribution in [0.1, 0.15) is 16.7 Å². The maximum atomic E-state index is 11.0. The topological polar surface area (TPSA) is 43.4 Å². The molecule has 0 unspecified atom stereocenters. The number of halogens is 1. The Morgan fingerprint density at radius 1 is 1.27 bits per heavy atom. The van der Waals surface area contributed by atoms with Crippen LogP contribution >= 0.6 is 10.7 Å². The van der Waals surface area contributed by atoms with E-state index in [1.165, 1.54) is 7.11 Å². The number of aryl methyl sites for hydroxylation is 2. The molecule has 0 radical (unpaired) electrons. The summed E-state index contributed by atoms with van der Waals surface area (Å²) in [4.78, 5) is 0. The van der Waals surface area contributed by atoms with Gasteiger partial charge < -0.3 is 4.74 Å². The molecule has 1 aromatic rings. The minimum Gasteiger partial charge on any atom is -0.496 e. The first-order chi connectivity index (χ1) is 6.83. The number of ether oxygens (including phenoxy) is 1. The fourth-order valence-electron chi connectivity index (χ4n) is 1.34. The molecule has 0 atom stereocenters. The fourth-order valence-corrected chi connectivity index (χ4v) is 2.29. The van der Waals surface area contributed by atoms with Gasteiger partial charge in [0.25, 0.3) is 0 Å². The van der Waals surface area contributed by atoms with Gasteiger partial charge in [-0.1, -0.05) is 6.07 Å². The molecule has 0 amide bonds. The van der Waals surface area contributed by atoms with Gasteiger partial charge in [0, 0.05) is 16.2 Å². The summed E-state index contributed by atoms with van der Waals surface area (Å²) in [5.41, 5.74) is 2.67. The summed E-state index contributed by atoms with van der Waals surface area (Å²) in [6.07, 6.45) is 0. The Labute approximate surface area is 94.4 Å². The molecule has 0 saturated heterocycles. The average molecular weight is 249 g/mol. The lowest BCUT2D eigenvalue weighted by atomic mass is 10.1. The fraction of sp³-hybridized carbons (Fsp3) is 0.400. The molecule has 3 nitrogen and oxygen atoms in total. The summed E-state index contributed by atoms with van der Waals surface area (Å²) < 4.78 is 27.1. The zero-order valence-corrected chi connectivity index (χ0v) is 10.4. The van der Waals surface area contributed by atoms with Crippen LogP contribution in [0.5, 0.6) is 5.75 Å². The minimum atomic E-state index is -3.55. The number of methoxy groups -OCH3 is 1. The molecule has 0 aliphatic rings. The van der Waals surface area contributed by atoms with Gasteiger partial charge in [-0.15, -0.1) is 0 Å². The summed E-state index contributed by atoms with van der Waals surface area (Å²) in [5, 5.41) is 0. The van der Waals surface area contributed by atoms with E-state index < -0.39 is 9.05 Å². The molecule has 0 bridgehead atoms. The van der Waals surface area contributed by atoms with E-state index in [1.54, 1.807) is 6.07 Å². The van der Waals surface area contributed by atoms with Crippen LogP contribution < -0.4 is 4.74 Å². The molecule has 0 aliphatic heterocycles. The van der Waals surface area contributed by atoms with E-state index in [-0.39, 0.29) is 5.75 Å². The lowest BCUT2D eigenvalue weighted by molar-refractivity contribution is 0.410. The molecule has 0 fully saturated rings. The maximum Gasteiger partial charge on any atom is 0.236 e. The summed E-state index contributed by atoms with van der Waals surface area (Å²) in [7, 11) is 3.17. The molecule has 0 aromatic heterocycles. The molecule has 84 valence electrons. The first-order valence-electron chi connectivity index (χ1n) is 4.40. The summed E-state index contributed by atoms with van der Waals surface area (Å²) in [6.45, 7) is 3.86. The van der Waals surface area contributed by atoms with Crippen LogP contribution in [0.15, 0.2) is 12.1 Å². The van der Waals surface area contributed by atoms with Gasteiger partial charge in [0.05, 0.1) is 12.9 Å². The highest BCUT2D eigenvalue weighted by molar-refractivity contribution is 8.13. The van der Waals surface area contributed by atoms with Gasteiger partial charge in [0.1, 0.15) is 5.75 Å². The monoisotopic (exact) mass is 248 g/mol. The van der Waals surface area contributed by atoms with Crippen LogP contribution in [0.4, 0.5) is 0 Å². The molecule has 15 heavy (non-hydrogen) atoms. The third kappa shape index (κ3) is 3.39. The lowest BCUT2D eigenvalue weighted by Crippen LogP contribution is -2.00. The Morgan fingerprint density at radius 3 is 2.27 bits per heavy atom. The SMILES string of the molecule is COc1cc(C)c(C)cc1CS(=O)(=O)Cl. The third-order valence-corrected chi connectivity index (χ3v) is 3.21. The number of hydrogen-bond donors (Lipinski definition) is 0. The smallest absolute Gasteiger partial charge is 0.236 e. The Morgan fingerprint density at radius 2 is 1.80 bits per heavy atom. The average Bonchev–Trinajstić information content (AvgIpc) is 2.08. The van der Waals surface area contributed by atoms with Gasteiger partial charge in [-0.3, -0.25) is 0 Å². The highest BCUT2D eigenvalue weighted by Gasteiger charge is 2.13. The highest BCUT2D eigenvalue weighted by atomic mass is 35.7. The standard InChI is InChI=1S/C10H13ClO3S/c1-7-4-9(6-15(11,12)13)10(14-3)5-8(7)2/h4-5H,6H2,1-3H3. The van der Waals surface area contributed by atoms with Gasteiger partial charge in [-0.05, 0) is 31.0 Å². The van der Waals surface area contributed by atoms with Gasteiger partial charge in [-0.25, -0.2) is 8.42 Å². The number of benzene rings is 1.